The van der Waals surface area contributed by atoms with Gasteiger partial charge in [0.1, 0.15) is 0 Å². The first-order chi connectivity index (χ1) is 11.1. The average Bonchev–Trinajstić information content (AvgIpc) is 3.08. The van der Waals surface area contributed by atoms with Gasteiger partial charge in [-0.2, -0.15) is 4.31 Å². The summed E-state index contributed by atoms with van der Waals surface area (Å²) in [5, 5.41) is 0. The van der Waals surface area contributed by atoms with Gasteiger partial charge in [0.25, 0.3) is 0 Å². The lowest BCUT2D eigenvalue weighted by atomic mass is 10.1. The lowest BCUT2D eigenvalue weighted by Gasteiger charge is -2.35. The second-order valence-electron chi connectivity index (χ2n) is 6.21. The second kappa shape index (κ2) is 7.13. The van der Waals surface area contributed by atoms with Gasteiger partial charge in [0, 0.05) is 39.3 Å². The summed E-state index contributed by atoms with van der Waals surface area (Å²) in [5.74, 6) is 0.601. The van der Waals surface area contributed by atoms with Crippen LogP contribution in [0.2, 0.25) is 0 Å². The summed E-state index contributed by atoms with van der Waals surface area (Å²) in [6.07, 6.45) is 2.83. The van der Waals surface area contributed by atoms with Crippen LogP contribution in [0.1, 0.15) is 12.0 Å². The number of ether oxygens (including phenoxy) is 1. The molecule has 0 saturated carbocycles. The van der Waals surface area contributed by atoms with Crippen molar-refractivity contribution >= 4 is 16.1 Å². The van der Waals surface area contributed by atoms with Gasteiger partial charge in [0.2, 0.25) is 10.0 Å². The normalized spacial score (nSPS) is 23.9. The van der Waals surface area contributed by atoms with E-state index in [0.29, 0.717) is 23.9 Å². The highest BCUT2D eigenvalue weighted by Crippen LogP contribution is 2.20. The zero-order valence-electron chi connectivity index (χ0n) is 13.4. The predicted octanol–water partition coefficient (Wildman–Crippen LogP) is 1.67. The molecule has 0 radical (unpaired) electrons. The minimum Gasteiger partial charge on any atom is -0.381 e. The Balaban J connectivity index is 1.59. The predicted molar refractivity (Wildman–Crippen MR) is 90.7 cm³/mol. The first-order valence-corrected chi connectivity index (χ1v) is 9.56. The quantitative estimate of drug-likeness (QED) is 0.821. The molecule has 0 unspecified atom stereocenters. The molecule has 2 aliphatic heterocycles. The van der Waals surface area contributed by atoms with Crippen LogP contribution < -0.4 is 0 Å². The molecule has 0 amide bonds. The van der Waals surface area contributed by atoms with Gasteiger partial charge in [-0.25, -0.2) is 8.42 Å². The monoisotopic (exact) mass is 336 g/mol. The van der Waals surface area contributed by atoms with Crippen molar-refractivity contribution in [1.82, 2.24) is 9.21 Å². The Morgan fingerprint density at radius 2 is 1.87 bits per heavy atom. The van der Waals surface area contributed by atoms with E-state index in [9.17, 15) is 8.42 Å². The van der Waals surface area contributed by atoms with Crippen LogP contribution >= 0.6 is 0 Å². The summed E-state index contributed by atoms with van der Waals surface area (Å²) in [4.78, 5) is 2.72. The number of hydrogen-bond acceptors (Lipinski definition) is 4. The molecule has 0 aromatic heterocycles. The van der Waals surface area contributed by atoms with E-state index in [1.165, 1.54) is 0 Å². The highest BCUT2D eigenvalue weighted by molar-refractivity contribution is 7.89. The summed E-state index contributed by atoms with van der Waals surface area (Å²) >= 11 is 0. The van der Waals surface area contributed by atoms with Crippen molar-refractivity contribution in [2.24, 2.45) is 5.92 Å². The average molecular weight is 336 g/mol. The van der Waals surface area contributed by atoms with E-state index in [-0.39, 0.29) is 0 Å². The minimum atomic E-state index is -3.39. The Kier molecular flexibility index (Phi) is 5.16. The number of piperazine rings is 1. The van der Waals surface area contributed by atoms with Crippen LogP contribution in [0, 0.1) is 5.92 Å². The topological polar surface area (TPSA) is 49.9 Å². The molecule has 1 aromatic carbocycles. The third-order valence-corrected chi connectivity index (χ3v) is 6.54. The first kappa shape index (κ1) is 16.6. The molecule has 0 N–H and O–H groups in total. The van der Waals surface area contributed by atoms with Crippen LogP contribution in [0.15, 0.2) is 35.7 Å². The van der Waals surface area contributed by atoms with E-state index in [1.54, 1.807) is 34.6 Å². The van der Waals surface area contributed by atoms with E-state index in [1.807, 2.05) is 0 Å². The van der Waals surface area contributed by atoms with Crippen LogP contribution in [0.25, 0.3) is 6.08 Å². The molecule has 1 aromatic rings. The Labute approximate surface area is 138 Å². The molecule has 0 aliphatic carbocycles. The van der Waals surface area contributed by atoms with Gasteiger partial charge in [-0.05, 0) is 30.0 Å². The Morgan fingerprint density at radius 3 is 2.43 bits per heavy atom. The number of nitrogens with zero attached hydrogens (tertiary/aromatic N) is 2. The number of sulfonamides is 1. The molecule has 0 spiro atoms. The zero-order chi connectivity index (χ0) is 16.3. The fourth-order valence-corrected chi connectivity index (χ4v) is 4.59. The first-order valence-electron chi connectivity index (χ1n) is 8.12. The molecule has 0 bridgehead atoms. The summed E-state index contributed by atoms with van der Waals surface area (Å²) in [6, 6.07) is 6.90. The fourth-order valence-electron chi connectivity index (χ4n) is 3.17. The largest absolute Gasteiger partial charge is 0.381 e. The fraction of sp³-hybridized carbons (Fsp3) is 0.529. The molecule has 2 saturated heterocycles. The van der Waals surface area contributed by atoms with E-state index >= 15 is 0 Å². The molecule has 2 fully saturated rings. The molecule has 126 valence electrons. The van der Waals surface area contributed by atoms with Crippen molar-refractivity contribution in [1.29, 1.82) is 0 Å². The zero-order valence-corrected chi connectivity index (χ0v) is 14.2. The van der Waals surface area contributed by atoms with Gasteiger partial charge < -0.3 is 9.64 Å². The van der Waals surface area contributed by atoms with Crippen molar-refractivity contribution < 1.29 is 13.2 Å². The standard InChI is InChI=1S/C17H24N2O3S/c1-2-15-3-5-17(6-4-15)23(20,21)19-10-8-18(9-11-19)13-16-7-12-22-14-16/h2-6,16H,1,7-14H2/t16-/m1/s1. The molecule has 6 heteroatoms. The van der Waals surface area contributed by atoms with Crippen molar-refractivity contribution in [3.8, 4) is 0 Å². The number of rotatable bonds is 5. The molecular weight excluding hydrogens is 312 g/mol. The maximum absolute atomic E-state index is 12.7. The highest BCUT2D eigenvalue weighted by atomic mass is 32.2. The molecule has 2 aliphatic rings. The summed E-state index contributed by atoms with van der Waals surface area (Å²) in [7, 11) is -3.39. The van der Waals surface area contributed by atoms with Gasteiger partial charge in [0.05, 0.1) is 11.5 Å². The van der Waals surface area contributed by atoms with Gasteiger partial charge in [-0.15, -0.1) is 0 Å². The Hall–Kier alpha value is -1.21. The highest BCUT2D eigenvalue weighted by Gasteiger charge is 2.29. The van der Waals surface area contributed by atoms with Gasteiger partial charge >= 0.3 is 0 Å². The maximum atomic E-state index is 12.7. The van der Waals surface area contributed by atoms with Crippen LogP contribution in [-0.2, 0) is 14.8 Å². The van der Waals surface area contributed by atoms with Gasteiger partial charge in [-0.3, -0.25) is 0 Å². The van der Waals surface area contributed by atoms with Crippen molar-refractivity contribution in [2.75, 3.05) is 45.9 Å². The van der Waals surface area contributed by atoms with Crippen LogP contribution in [0.4, 0.5) is 0 Å². The third-order valence-electron chi connectivity index (χ3n) is 4.63. The minimum absolute atomic E-state index is 0.362. The molecule has 2 heterocycles. The number of hydrogen-bond donors (Lipinski definition) is 0. The van der Waals surface area contributed by atoms with Crippen molar-refractivity contribution in [2.45, 2.75) is 11.3 Å². The second-order valence-corrected chi connectivity index (χ2v) is 8.15. The van der Waals surface area contributed by atoms with Gasteiger partial charge in [-0.1, -0.05) is 24.8 Å². The molecule has 23 heavy (non-hydrogen) atoms. The third kappa shape index (κ3) is 3.83. The van der Waals surface area contributed by atoms with E-state index in [2.05, 4.69) is 11.5 Å². The molecule has 1 atom stereocenters. The Morgan fingerprint density at radius 1 is 1.17 bits per heavy atom. The number of benzene rings is 1. The van der Waals surface area contributed by atoms with E-state index in [0.717, 1.165) is 44.8 Å². The smallest absolute Gasteiger partial charge is 0.243 e. The maximum Gasteiger partial charge on any atom is 0.243 e. The van der Waals surface area contributed by atoms with E-state index < -0.39 is 10.0 Å². The van der Waals surface area contributed by atoms with Crippen molar-refractivity contribution in [3.05, 3.63) is 36.4 Å². The van der Waals surface area contributed by atoms with E-state index in [4.69, 9.17) is 4.74 Å². The SMILES string of the molecule is C=Cc1ccc(S(=O)(=O)N2CCN(C[C@H]3CCOC3)CC2)cc1. The van der Waals surface area contributed by atoms with Crippen LogP contribution in [0.3, 0.4) is 0 Å². The lowest BCUT2D eigenvalue weighted by Crippen LogP contribution is -2.49. The molecular formula is C17H24N2O3S. The molecule has 3 rings (SSSR count). The molecule has 5 nitrogen and oxygen atoms in total. The Bertz CT molecular complexity index is 628. The van der Waals surface area contributed by atoms with Gasteiger partial charge in [0.15, 0.2) is 0 Å². The van der Waals surface area contributed by atoms with Crippen LogP contribution in [-0.4, -0.2) is 63.6 Å². The van der Waals surface area contributed by atoms with Crippen molar-refractivity contribution in [3.63, 3.8) is 0 Å². The lowest BCUT2D eigenvalue weighted by molar-refractivity contribution is 0.143. The summed E-state index contributed by atoms with van der Waals surface area (Å²) in [6.45, 7) is 9.10. The summed E-state index contributed by atoms with van der Waals surface area (Å²) in [5.41, 5.74) is 0.924. The summed E-state index contributed by atoms with van der Waals surface area (Å²) < 4.78 is 32.4. The van der Waals surface area contributed by atoms with Crippen LogP contribution in [0.5, 0.6) is 0 Å².